The minimum Gasteiger partial charge on any atom is -0.294 e. The van der Waals surface area contributed by atoms with Gasteiger partial charge in [0.1, 0.15) is 0 Å². The molecule has 1 nitrogen and oxygen atoms in total. The molecule has 0 spiro atoms. The molecule has 0 N–H and O–H groups in total. The van der Waals surface area contributed by atoms with Crippen molar-refractivity contribution < 1.29 is 4.79 Å². The zero-order valence-corrected chi connectivity index (χ0v) is 13.8. The Balaban J connectivity index is 2.28. The monoisotopic (exact) mass is 288 g/mol. The van der Waals surface area contributed by atoms with Crippen LogP contribution in [0.4, 0.5) is 0 Å². The lowest BCUT2D eigenvalue weighted by molar-refractivity contribution is 0.0988. The Hall–Kier alpha value is -1.19. The van der Waals surface area contributed by atoms with Gasteiger partial charge in [-0.2, -0.15) is 0 Å². The summed E-state index contributed by atoms with van der Waals surface area (Å²) in [5, 5.41) is 0. The lowest BCUT2D eigenvalue weighted by Crippen LogP contribution is -2.34. The van der Waals surface area contributed by atoms with E-state index in [0.29, 0.717) is 6.42 Å². The highest BCUT2D eigenvalue weighted by Crippen LogP contribution is 2.25. The maximum Gasteiger partial charge on any atom is 0.162 e. The van der Waals surface area contributed by atoms with Crippen LogP contribution < -0.4 is 4.50 Å². The van der Waals surface area contributed by atoms with Crippen LogP contribution in [-0.2, 0) is 0 Å². The quantitative estimate of drug-likeness (QED) is 0.596. The van der Waals surface area contributed by atoms with E-state index in [1.807, 2.05) is 30.4 Å². The van der Waals surface area contributed by atoms with Gasteiger partial charge in [0.2, 0.25) is 0 Å². The summed E-state index contributed by atoms with van der Waals surface area (Å²) in [6, 6.07) is 12.5. The topological polar surface area (TPSA) is 17.1 Å². The molecular weight excluding hydrogens is 268 g/mol. The molecule has 0 atom stereocenters. The summed E-state index contributed by atoms with van der Waals surface area (Å²) in [6.45, 7) is 9.00. The van der Waals surface area contributed by atoms with Crippen LogP contribution in [0.3, 0.4) is 0 Å². The van der Waals surface area contributed by atoms with Crippen LogP contribution in [-0.4, -0.2) is 13.9 Å². The van der Waals surface area contributed by atoms with E-state index in [1.54, 1.807) is 0 Å². The number of benzene rings is 1. The highest BCUT2D eigenvalue weighted by atomic mass is 32.1. The van der Waals surface area contributed by atoms with Gasteiger partial charge in [0.25, 0.3) is 0 Å². The SMILES string of the molecule is CCC(=O)c1ccc(-c2ccc([Si](C)(C)C)s2)cc1. The fourth-order valence-corrected chi connectivity index (χ4v) is 4.82. The Morgan fingerprint density at radius 3 is 2.16 bits per heavy atom. The lowest BCUT2D eigenvalue weighted by atomic mass is 10.1. The molecule has 2 rings (SSSR count). The zero-order chi connectivity index (χ0) is 14.0. The summed E-state index contributed by atoms with van der Waals surface area (Å²) >= 11 is 1.89. The predicted octanol–water partition coefficient (Wildman–Crippen LogP) is 4.55. The minimum atomic E-state index is -1.22. The van der Waals surface area contributed by atoms with Crippen molar-refractivity contribution in [3.8, 4) is 10.4 Å². The molecule has 0 aliphatic carbocycles. The van der Waals surface area contributed by atoms with E-state index in [0.717, 1.165) is 5.56 Å². The van der Waals surface area contributed by atoms with Gasteiger partial charge in [-0.1, -0.05) is 56.9 Å². The normalized spacial score (nSPS) is 11.6. The number of carbonyl (C=O) groups excluding carboxylic acids is 1. The van der Waals surface area contributed by atoms with E-state index >= 15 is 0 Å². The van der Waals surface area contributed by atoms with Gasteiger partial charge < -0.3 is 0 Å². The second-order valence-electron chi connectivity index (χ2n) is 5.77. The number of ketones is 1. The average molecular weight is 288 g/mol. The van der Waals surface area contributed by atoms with Crippen LogP contribution in [0.25, 0.3) is 10.4 Å². The molecule has 0 saturated carbocycles. The summed E-state index contributed by atoms with van der Waals surface area (Å²) in [7, 11) is -1.22. The number of carbonyl (C=O) groups is 1. The van der Waals surface area contributed by atoms with Gasteiger partial charge >= 0.3 is 0 Å². The average Bonchev–Trinajstić information content (AvgIpc) is 2.87. The molecular formula is C16H20OSSi. The molecule has 0 radical (unpaired) electrons. The summed E-state index contributed by atoms with van der Waals surface area (Å²) in [5.41, 5.74) is 2.02. The van der Waals surface area contributed by atoms with E-state index in [1.165, 1.54) is 14.9 Å². The Kier molecular flexibility index (Phi) is 4.06. The first-order valence-electron chi connectivity index (χ1n) is 6.66. The molecule has 1 aromatic carbocycles. The predicted molar refractivity (Wildman–Crippen MR) is 87.4 cm³/mol. The third kappa shape index (κ3) is 3.22. The summed E-state index contributed by atoms with van der Waals surface area (Å²) in [6.07, 6.45) is 0.568. The molecule has 0 fully saturated rings. The fourth-order valence-electron chi connectivity index (χ4n) is 1.92. The first kappa shape index (κ1) is 14.2. The fraction of sp³-hybridized carbons (Fsp3) is 0.312. The van der Waals surface area contributed by atoms with Crippen molar-refractivity contribution in [1.29, 1.82) is 0 Å². The molecule has 0 bridgehead atoms. The van der Waals surface area contributed by atoms with Crippen LogP contribution in [0.5, 0.6) is 0 Å². The van der Waals surface area contributed by atoms with Crippen molar-refractivity contribution >= 4 is 29.7 Å². The van der Waals surface area contributed by atoms with Crippen molar-refractivity contribution in [3.63, 3.8) is 0 Å². The van der Waals surface area contributed by atoms with E-state index < -0.39 is 8.07 Å². The standard InChI is InChI=1S/C16H20OSSi/c1-5-14(17)12-6-8-13(9-7-12)15-10-11-16(18-15)19(2,3)4/h6-11H,5H2,1-4H3. The molecule has 3 heteroatoms. The number of rotatable bonds is 4. The summed E-state index contributed by atoms with van der Waals surface area (Å²) in [5.74, 6) is 0.209. The van der Waals surface area contributed by atoms with Gasteiger partial charge in [0, 0.05) is 16.9 Å². The van der Waals surface area contributed by atoms with Crippen LogP contribution in [0.15, 0.2) is 36.4 Å². The molecule has 2 aromatic rings. The van der Waals surface area contributed by atoms with Gasteiger partial charge in [-0.3, -0.25) is 4.79 Å². The van der Waals surface area contributed by atoms with Crippen molar-refractivity contribution in [2.75, 3.05) is 0 Å². The van der Waals surface area contributed by atoms with E-state index in [9.17, 15) is 4.79 Å². The van der Waals surface area contributed by atoms with Gasteiger partial charge in [0.15, 0.2) is 5.78 Å². The number of hydrogen-bond donors (Lipinski definition) is 0. The molecule has 0 unspecified atom stereocenters. The van der Waals surface area contributed by atoms with Gasteiger partial charge in [0.05, 0.1) is 8.07 Å². The molecule has 0 aliphatic heterocycles. The Labute approximate surface area is 120 Å². The summed E-state index contributed by atoms with van der Waals surface area (Å²) in [4.78, 5) is 12.9. The van der Waals surface area contributed by atoms with Gasteiger partial charge in [-0.05, 0) is 16.1 Å². The second kappa shape index (κ2) is 5.43. The van der Waals surface area contributed by atoms with E-state index in [-0.39, 0.29) is 5.78 Å². The summed E-state index contributed by atoms with van der Waals surface area (Å²) < 4.78 is 1.52. The van der Waals surface area contributed by atoms with Crippen LogP contribution in [0, 0.1) is 0 Å². The van der Waals surface area contributed by atoms with Crippen LogP contribution in [0.1, 0.15) is 23.7 Å². The van der Waals surface area contributed by atoms with E-state index in [4.69, 9.17) is 0 Å². The third-order valence-corrected chi connectivity index (χ3v) is 7.89. The maximum absolute atomic E-state index is 11.6. The van der Waals surface area contributed by atoms with Crippen LogP contribution >= 0.6 is 11.3 Å². The van der Waals surface area contributed by atoms with Crippen molar-refractivity contribution in [3.05, 3.63) is 42.0 Å². The minimum absolute atomic E-state index is 0.209. The Bertz CT molecular complexity index is 576. The third-order valence-electron chi connectivity index (χ3n) is 3.16. The van der Waals surface area contributed by atoms with E-state index in [2.05, 4.69) is 43.9 Å². The highest BCUT2D eigenvalue weighted by molar-refractivity contribution is 7.28. The van der Waals surface area contributed by atoms with Crippen LogP contribution in [0.2, 0.25) is 19.6 Å². The first-order chi connectivity index (χ1) is 8.91. The molecule has 100 valence electrons. The van der Waals surface area contributed by atoms with Crippen molar-refractivity contribution in [1.82, 2.24) is 0 Å². The Morgan fingerprint density at radius 2 is 1.68 bits per heavy atom. The van der Waals surface area contributed by atoms with Crippen molar-refractivity contribution in [2.24, 2.45) is 0 Å². The largest absolute Gasteiger partial charge is 0.294 e. The molecule has 1 aromatic heterocycles. The maximum atomic E-state index is 11.6. The van der Waals surface area contributed by atoms with Gasteiger partial charge in [-0.15, -0.1) is 11.3 Å². The second-order valence-corrected chi connectivity index (χ2v) is 12.3. The molecule has 0 aliphatic rings. The lowest BCUT2D eigenvalue weighted by Gasteiger charge is -2.12. The molecule has 1 heterocycles. The molecule has 0 amide bonds. The Morgan fingerprint density at radius 1 is 1.05 bits per heavy atom. The van der Waals surface area contributed by atoms with Crippen molar-refractivity contribution in [2.45, 2.75) is 33.0 Å². The smallest absolute Gasteiger partial charge is 0.162 e. The molecule has 19 heavy (non-hydrogen) atoms. The first-order valence-corrected chi connectivity index (χ1v) is 11.0. The van der Waals surface area contributed by atoms with Gasteiger partial charge in [-0.25, -0.2) is 0 Å². The highest BCUT2D eigenvalue weighted by Gasteiger charge is 2.18. The zero-order valence-electron chi connectivity index (χ0n) is 12.0. The number of Topliss-reactive ketones (excluding diaryl/α,β-unsaturated/α-hetero) is 1. The number of hydrogen-bond acceptors (Lipinski definition) is 2. The number of thiophene rings is 1. The molecule has 0 saturated heterocycles.